The summed E-state index contributed by atoms with van der Waals surface area (Å²) in [5, 5.41) is 0. The van der Waals surface area contributed by atoms with Crippen LogP contribution in [0.25, 0.3) is 0 Å². The van der Waals surface area contributed by atoms with Crippen molar-refractivity contribution in [3.8, 4) is 5.88 Å². The summed E-state index contributed by atoms with van der Waals surface area (Å²) in [6.07, 6.45) is 2.79. The highest BCUT2D eigenvalue weighted by molar-refractivity contribution is 5.94. The Balaban J connectivity index is 1.23. The van der Waals surface area contributed by atoms with Crippen molar-refractivity contribution in [1.82, 2.24) is 19.8 Å². The van der Waals surface area contributed by atoms with Gasteiger partial charge >= 0.3 is 6.18 Å². The van der Waals surface area contributed by atoms with Crippen molar-refractivity contribution >= 4 is 5.91 Å². The predicted molar refractivity (Wildman–Crippen MR) is 110 cm³/mol. The molecule has 9 heteroatoms. The number of hydrogen-bond donors (Lipinski definition) is 0. The highest BCUT2D eigenvalue weighted by atomic mass is 19.4. The van der Waals surface area contributed by atoms with Gasteiger partial charge in [-0.05, 0) is 37.5 Å². The predicted octanol–water partition coefficient (Wildman–Crippen LogP) is 3.74. The number of amides is 1. The Hall–Kier alpha value is -2.68. The molecule has 2 atom stereocenters. The lowest BCUT2D eigenvalue weighted by molar-refractivity contribution is -0.137. The molecule has 3 fully saturated rings. The average molecular weight is 446 g/mol. The molecule has 1 aliphatic carbocycles. The van der Waals surface area contributed by atoms with E-state index >= 15 is 0 Å². The minimum atomic E-state index is -4.47. The summed E-state index contributed by atoms with van der Waals surface area (Å²) in [7, 11) is 0. The maximum absolute atomic E-state index is 13.0. The number of ether oxygens (including phenoxy) is 1. The largest absolute Gasteiger partial charge is 0.472 e. The van der Waals surface area contributed by atoms with E-state index in [1.165, 1.54) is 25.0 Å². The van der Waals surface area contributed by atoms with Gasteiger partial charge in [0.2, 0.25) is 5.88 Å². The molecule has 6 nitrogen and oxygen atoms in total. The first-order valence-electron chi connectivity index (χ1n) is 11.1. The summed E-state index contributed by atoms with van der Waals surface area (Å²) < 4.78 is 45.2. The van der Waals surface area contributed by atoms with Gasteiger partial charge in [0.05, 0.1) is 23.7 Å². The minimum absolute atomic E-state index is 0.0512. The van der Waals surface area contributed by atoms with Crippen molar-refractivity contribution in [3.05, 3.63) is 53.5 Å². The summed E-state index contributed by atoms with van der Waals surface area (Å²) in [6, 6.07) is 4.77. The summed E-state index contributed by atoms with van der Waals surface area (Å²) >= 11 is 0. The van der Waals surface area contributed by atoms with Gasteiger partial charge in [-0.1, -0.05) is 6.07 Å². The fourth-order valence-electron chi connectivity index (χ4n) is 4.64. The molecule has 0 N–H and O–H groups in total. The third-order valence-electron chi connectivity index (χ3n) is 6.45. The molecule has 1 saturated carbocycles. The molecule has 1 amide bonds. The van der Waals surface area contributed by atoms with Crippen molar-refractivity contribution in [2.24, 2.45) is 0 Å². The molecule has 2 aromatic rings. The van der Waals surface area contributed by atoms with Gasteiger partial charge in [-0.15, -0.1) is 0 Å². The van der Waals surface area contributed by atoms with Crippen LogP contribution in [0.15, 0.2) is 36.7 Å². The van der Waals surface area contributed by atoms with E-state index in [0.29, 0.717) is 24.9 Å². The van der Waals surface area contributed by atoms with Crippen LogP contribution in [-0.2, 0) is 6.18 Å². The van der Waals surface area contributed by atoms with E-state index < -0.39 is 11.7 Å². The molecule has 5 rings (SSSR count). The highest BCUT2D eigenvalue weighted by Gasteiger charge is 2.38. The van der Waals surface area contributed by atoms with Gasteiger partial charge in [-0.3, -0.25) is 14.7 Å². The Morgan fingerprint density at radius 1 is 1.09 bits per heavy atom. The van der Waals surface area contributed by atoms with Gasteiger partial charge < -0.3 is 9.64 Å². The number of alkyl halides is 3. The van der Waals surface area contributed by atoms with Crippen LogP contribution in [-0.4, -0.2) is 64.0 Å². The highest BCUT2D eigenvalue weighted by Crippen LogP contribution is 2.38. The molecule has 2 saturated heterocycles. The molecule has 170 valence electrons. The van der Waals surface area contributed by atoms with E-state index in [1.54, 1.807) is 17.3 Å². The first-order valence-corrected chi connectivity index (χ1v) is 11.1. The fourth-order valence-corrected chi connectivity index (χ4v) is 4.64. The standard InChI is InChI=1S/C23H25F3N4O2/c24-23(25,26)17-4-1-3-16(9-17)22(31)30-8-2-7-29-14-19(10-18(29)13-30)32-21-12-27-20(11-28-21)15-5-6-15/h1,3-4,9,11-12,15,18-19H,2,5-8,10,13-14H2/t18-,19-/m1/s1. The molecule has 2 aliphatic heterocycles. The van der Waals surface area contributed by atoms with Crippen molar-refractivity contribution in [1.29, 1.82) is 0 Å². The van der Waals surface area contributed by atoms with E-state index in [1.807, 2.05) is 0 Å². The first kappa shape index (κ1) is 21.2. The molecule has 3 aliphatic rings. The van der Waals surface area contributed by atoms with Crippen LogP contribution in [0, 0.1) is 0 Å². The van der Waals surface area contributed by atoms with E-state index in [0.717, 1.165) is 43.8 Å². The maximum atomic E-state index is 13.0. The second-order valence-electron chi connectivity index (χ2n) is 8.86. The van der Waals surface area contributed by atoms with E-state index in [4.69, 9.17) is 4.74 Å². The summed E-state index contributed by atoms with van der Waals surface area (Å²) in [4.78, 5) is 25.8. The van der Waals surface area contributed by atoms with E-state index in [-0.39, 0.29) is 23.6 Å². The number of aromatic nitrogens is 2. The topological polar surface area (TPSA) is 58.6 Å². The van der Waals surface area contributed by atoms with Crippen LogP contribution in [0.5, 0.6) is 5.88 Å². The average Bonchev–Trinajstić information content (AvgIpc) is 3.58. The van der Waals surface area contributed by atoms with Gasteiger partial charge in [0, 0.05) is 50.1 Å². The normalized spacial score (nSPS) is 24.2. The van der Waals surface area contributed by atoms with Crippen molar-refractivity contribution in [2.75, 3.05) is 26.2 Å². The molecule has 32 heavy (non-hydrogen) atoms. The number of carbonyl (C=O) groups excluding carboxylic acids is 1. The molecule has 0 bridgehead atoms. The van der Waals surface area contributed by atoms with Crippen LogP contribution in [0.4, 0.5) is 13.2 Å². The number of fused-ring (bicyclic) bond motifs is 1. The lowest BCUT2D eigenvalue weighted by atomic mass is 10.1. The number of hydrogen-bond acceptors (Lipinski definition) is 5. The van der Waals surface area contributed by atoms with E-state index in [2.05, 4.69) is 14.9 Å². The zero-order valence-electron chi connectivity index (χ0n) is 17.6. The number of carbonyl (C=O) groups is 1. The van der Waals surface area contributed by atoms with Gasteiger partial charge in [0.15, 0.2) is 0 Å². The Kier molecular flexibility index (Phi) is 5.53. The summed E-state index contributed by atoms with van der Waals surface area (Å²) in [5.74, 6) is 0.693. The molecule has 1 aromatic carbocycles. The van der Waals surface area contributed by atoms with Crippen LogP contribution in [0.3, 0.4) is 0 Å². The Morgan fingerprint density at radius 3 is 2.66 bits per heavy atom. The second-order valence-corrected chi connectivity index (χ2v) is 8.86. The molecule has 1 aromatic heterocycles. The van der Waals surface area contributed by atoms with Gasteiger partial charge in [0.1, 0.15) is 6.10 Å². The lowest BCUT2D eigenvalue weighted by Gasteiger charge is -2.25. The molecular formula is C23H25F3N4O2. The SMILES string of the molecule is O=C(c1cccc(C(F)(F)F)c1)N1CCCN2C[C@H](Oc3cnc(C4CC4)cn3)C[C@@H]2C1. The van der Waals surface area contributed by atoms with Gasteiger partial charge in [-0.2, -0.15) is 13.2 Å². The van der Waals surface area contributed by atoms with Crippen LogP contribution < -0.4 is 4.74 Å². The van der Waals surface area contributed by atoms with Crippen molar-refractivity contribution < 1.29 is 22.7 Å². The smallest absolute Gasteiger partial charge is 0.416 e. The van der Waals surface area contributed by atoms with Crippen molar-refractivity contribution in [3.63, 3.8) is 0 Å². The van der Waals surface area contributed by atoms with E-state index in [9.17, 15) is 18.0 Å². The quantitative estimate of drug-likeness (QED) is 0.716. The van der Waals surface area contributed by atoms with Crippen LogP contribution in [0.2, 0.25) is 0 Å². The minimum Gasteiger partial charge on any atom is -0.472 e. The zero-order chi connectivity index (χ0) is 22.3. The Bertz CT molecular complexity index is 978. The number of nitrogens with zero attached hydrogens (tertiary/aromatic N) is 4. The molecule has 0 spiro atoms. The summed E-state index contributed by atoms with van der Waals surface area (Å²) in [6.45, 7) is 2.56. The molecular weight excluding hydrogens is 421 g/mol. The third-order valence-corrected chi connectivity index (χ3v) is 6.45. The summed E-state index contributed by atoms with van der Waals surface area (Å²) in [5.41, 5.74) is 0.287. The van der Waals surface area contributed by atoms with Crippen molar-refractivity contribution in [2.45, 2.75) is 49.9 Å². The Labute approximate surface area is 184 Å². The van der Waals surface area contributed by atoms with Gasteiger partial charge in [-0.25, -0.2) is 4.98 Å². The fraction of sp³-hybridized carbons (Fsp3) is 0.522. The van der Waals surface area contributed by atoms with Gasteiger partial charge in [0.25, 0.3) is 5.91 Å². The molecule has 0 radical (unpaired) electrons. The number of benzene rings is 1. The first-order chi connectivity index (χ1) is 15.4. The maximum Gasteiger partial charge on any atom is 0.416 e. The second kappa shape index (κ2) is 8.35. The lowest BCUT2D eigenvalue weighted by Crippen LogP contribution is -2.39. The van der Waals surface area contributed by atoms with Crippen LogP contribution >= 0.6 is 0 Å². The molecule has 3 heterocycles. The molecule has 0 unspecified atom stereocenters. The monoisotopic (exact) mass is 446 g/mol. The zero-order valence-corrected chi connectivity index (χ0v) is 17.6. The van der Waals surface area contributed by atoms with Crippen LogP contribution in [0.1, 0.15) is 53.2 Å². The number of halogens is 3. The number of rotatable bonds is 4. The third kappa shape index (κ3) is 4.57. The Morgan fingerprint density at radius 2 is 1.94 bits per heavy atom.